The smallest absolute Gasteiger partial charge is 0.408 e. The highest BCUT2D eigenvalue weighted by atomic mass is 16.7. The SMILES string of the molecule is CCC(CC)C(=O)OCOC(=O)[C@H](C)NC(=O)OC(C)(C)C. The van der Waals surface area contributed by atoms with Gasteiger partial charge in [-0.3, -0.25) is 4.79 Å². The van der Waals surface area contributed by atoms with Crippen molar-refractivity contribution in [1.82, 2.24) is 5.32 Å². The predicted molar refractivity (Wildman–Crippen MR) is 80.0 cm³/mol. The van der Waals surface area contributed by atoms with Gasteiger partial charge in [0.1, 0.15) is 11.6 Å². The number of hydrogen-bond acceptors (Lipinski definition) is 6. The monoisotopic (exact) mass is 317 g/mol. The Bertz CT molecular complexity index is 384. The summed E-state index contributed by atoms with van der Waals surface area (Å²) in [6.45, 7) is 9.90. The summed E-state index contributed by atoms with van der Waals surface area (Å²) in [7, 11) is 0. The van der Waals surface area contributed by atoms with Gasteiger partial charge in [0.15, 0.2) is 0 Å². The van der Waals surface area contributed by atoms with Crippen LogP contribution in [0.4, 0.5) is 4.79 Å². The van der Waals surface area contributed by atoms with Crippen LogP contribution in [0.25, 0.3) is 0 Å². The number of nitrogens with one attached hydrogen (secondary N) is 1. The average Bonchev–Trinajstić information content (AvgIpc) is 2.37. The molecule has 0 fully saturated rings. The Balaban J connectivity index is 4.11. The van der Waals surface area contributed by atoms with E-state index in [-0.39, 0.29) is 5.92 Å². The molecule has 0 aromatic heterocycles. The summed E-state index contributed by atoms with van der Waals surface area (Å²) in [5, 5.41) is 2.34. The van der Waals surface area contributed by atoms with E-state index in [2.05, 4.69) is 5.32 Å². The van der Waals surface area contributed by atoms with Crippen LogP contribution in [0.5, 0.6) is 0 Å². The largest absolute Gasteiger partial charge is 0.444 e. The molecule has 128 valence electrons. The van der Waals surface area contributed by atoms with E-state index in [1.54, 1.807) is 20.8 Å². The Hall–Kier alpha value is -1.79. The molecule has 22 heavy (non-hydrogen) atoms. The molecule has 0 radical (unpaired) electrons. The van der Waals surface area contributed by atoms with Gasteiger partial charge in [-0.15, -0.1) is 0 Å². The molecular formula is C15H27NO6. The molecule has 0 aliphatic carbocycles. The Morgan fingerprint density at radius 2 is 1.50 bits per heavy atom. The van der Waals surface area contributed by atoms with Gasteiger partial charge in [0.2, 0.25) is 6.79 Å². The van der Waals surface area contributed by atoms with Crippen molar-refractivity contribution >= 4 is 18.0 Å². The minimum absolute atomic E-state index is 0.198. The molecular weight excluding hydrogens is 290 g/mol. The molecule has 1 atom stereocenters. The predicted octanol–water partition coefficient (Wildman–Crippen LogP) is 2.38. The summed E-state index contributed by atoms with van der Waals surface area (Å²) in [5.41, 5.74) is -0.654. The molecule has 7 heteroatoms. The quantitative estimate of drug-likeness (QED) is 0.572. The van der Waals surface area contributed by atoms with E-state index >= 15 is 0 Å². The van der Waals surface area contributed by atoms with Gasteiger partial charge >= 0.3 is 18.0 Å². The van der Waals surface area contributed by atoms with Gasteiger partial charge in [0.25, 0.3) is 0 Å². The molecule has 0 aromatic rings. The molecule has 0 bridgehead atoms. The fourth-order valence-electron chi connectivity index (χ4n) is 1.55. The van der Waals surface area contributed by atoms with Crippen molar-refractivity contribution in [3.05, 3.63) is 0 Å². The maximum Gasteiger partial charge on any atom is 0.408 e. The summed E-state index contributed by atoms with van der Waals surface area (Å²) in [5.74, 6) is -1.30. The highest BCUT2D eigenvalue weighted by Crippen LogP contribution is 2.09. The Morgan fingerprint density at radius 3 is 1.95 bits per heavy atom. The van der Waals surface area contributed by atoms with Crippen molar-refractivity contribution < 1.29 is 28.6 Å². The van der Waals surface area contributed by atoms with E-state index in [4.69, 9.17) is 14.2 Å². The number of amides is 1. The van der Waals surface area contributed by atoms with Crippen LogP contribution in [0.2, 0.25) is 0 Å². The van der Waals surface area contributed by atoms with Crippen molar-refractivity contribution in [2.75, 3.05) is 6.79 Å². The van der Waals surface area contributed by atoms with Crippen LogP contribution >= 0.6 is 0 Å². The van der Waals surface area contributed by atoms with E-state index in [0.29, 0.717) is 12.8 Å². The minimum atomic E-state index is -0.901. The number of hydrogen-bond donors (Lipinski definition) is 1. The lowest BCUT2D eigenvalue weighted by Crippen LogP contribution is -2.42. The molecule has 7 nitrogen and oxygen atoms in total. The highest BCUT2D eigenvalue weighted by molar-refractivity contribution is 5.81. The Labute approximate surface area is 131 Å². The van der Waals surface area contributed by atoms with Crippen LogP contribution in [-0.4, -0.2) is 36.5 Å². The van der Waals surface area contributed by atoms with Crippen LogP contribution in [0.3, 0.4) is 0 Å². The molecule has 0 aromatic carbocycles. The normalized spacial score (nSPS) is 12.5. The zero-order chi connectivity index (χ0) is 17.3. The molecule has 0 aliphatic rings. The van der Waals surface area contributed by atoms with Crippen molar-refractivity contribution in [2.45, 2.75) is 66.0 Å². The molecule has 0 saturated heterocycles. The van der Waals surface area contributed by atoms with Gasteiger partial charge in [-0.1, -0.05) is 13.8 Å². The summed E-state index contributed by atoms with van der Waals surface area (Å²) < 4.78 is 14.7. The number of alkyl carbamates (subject to hydrolysis) is 1. The minimum Gasteiger partial charge on any atom is -0.444 e. The average molecular weight is 317 g/mol. The van der Waals surface area contributed by atoms with Crippen LogP contribution in [0.1, 0.15) is 54.4 Å². The fourth-order valence-corrected chi connectivity index (χ4v) is 1.55. The lowest BCUT2D eigenvalue weighted by atomic mass is 10.0. The number of carbonyl (C=O) groups excluding carboxylic acids is 3. The van der Waals surface area contributed by atoms with Crippen LogP contribution < -0.4 is 5.32 Å². The zero-order valence-corrected chi connectivity index (χ0v) is 14.2. The second-order valence-corrected chi connectivity index (χ2v) is 5.93. The van der Waals surface area contributed by atoms with Crippen LogP contribution in [-0.2, 0) is 23.8 Å². The summed E-state index contributed by atoms with van der Waals surface area (Å²) in [4.78, 5) is 34.7. The summed E-state index contributed by atoms with van der Waals surface area (Å²) in [6, 6.07) is -0.901. The molecule has 0 aliphatic heterocycles. The maximum absolute atomic E-state index is 11.7. The third-order valence-corrected chi connectivity index (χ3v) is 2.81. The first-order valence-electron chi connectivity index (χ1n) is 7.43. The Kier molecular flexibility index (Phi) is 8.52. The Morgan fingerprint density at radius 1 is 1.00 bits per heavy atom. The third kappa shape index (κ3) is 8.49. The van der Waals surface area contributed by atoms with Gasteiger partial charge in [-0.2, -0.15) is 0 Å². The molecule has 0 saturated carbocycles. The lowest BCUT2D eigenvalue weighted by Gasteiger charge is -2.21. The van der Waals surface area contributed by atoms with Crippen molar-refractivity contribution in [1.29, 1.82) is 0 Å². The second-order valence-electron chi connectivity index (χ2n) is 5.93. The molecule has 1 amide bonds. The lowest BCUT2D eigenvalue weighted by molar-refractivity contribution is -0.171. The number of carbonyl (C=O) groups is 3. The van der Waals surface area contributed by atoms with Gasteiger partial charge in [0, 0.05) is 0 Å². The molecule has 1 N–H and O–H groups in total. The van der Waals surface area contributed by atoms with Crippen LogP contribution in [0.15, 0.2) is 0 Å². The van der Waals surface area contributed by atoms with Crippen LogP contribution in [0, 0.1) is 5.92 Å². The number of ether oxygens (including phenoxy) is 3. The molecule has 0 spiro atoms. The van der Waals surface area contributed by atoms with E-state index in [0.717, 1.165) is 0 Å². The maximum atomic E-state index is 11.7. The summed E-state index contributed by atoms with van der Waals surface area (Å²) >= 11 is 0. The van der Waals surface area contributed by atoms with Gasteiger partial charge in [-0.25, -0.2) is 9.59 Å². The van der Waals surface area contributed by atoms with E-state index in [1.807, 2.05) is 13.8 Å². The standard InChI is InChI=1S/C15H27NO6/c1-7-11(8-2)13(18)21-9-20-12(17)10(3)16-14(19)22-15(4,5)6/h10-11H,7-9H2,1-6H3,(H,16,19)/t10-/m0/s1. The topological polar surface area (TPSA) is 90.9 Å². The van der Waals surface area contributed by atoms with E-state index < -0.39 is 36.5 Å². The van der Waals surface area contributed by atoms with E-state index in [1.165, 1.54) is 6.92 Å². The highest BCUT2D eigenvalue weighted by Gasteiger charge is 2.22. The first-order chi connectivity index (χ1) is 10.1. The second kappa shape index (κ2) is 9.27. The van der Waals surface area contributed by atoms with E-state index in [9.17, 15) is 14.4 Å². The number of esters is 2. The zero-order valence-electron chi connectivity index (χ0n) is 14.2. The van der Waals surface area contributed by atoms with Gasteiger partial charge < -0.3 is 19.5 Å². The van der Waals surface area contributed by atoms with Gasteiger partial charge in [-0.05, 0) is 40.5 Å². The molecule has 0 unspecified atom stereocenters. The fraction of sp³-hybridized carbons (Fsp3) is 0.800. The van der Waals surface area contributed by atoms with Crippen molar-refractivity contribution in [2.24, 2.45) is 5.92 Å². The first kappa shape index (κ1) is 20.2. The third-order valence-electron chi connectivity index (χ3n) is 2.81. The molecule has 0 heterocycles. The van der Waals surface area contributed by atoms with Crippen molar-refractivity contribution in [3.8, 4) is 0 Å². The first-order valence-corrected chi connectivity index (χ1v) is 7.43. The molecule has 0 rings (SSSR count). The number of rotatable bonds is 7. The van der Waals surface area contributed by atoms with Crippen molar-refractivity contribution in [3.63, 3.8) is 0 Å². The van der Waals surface area contributed by atoms with Gasteiger partial charge in [0.05, 0.1) is 5.92 Å². The summed E-state index contributed by atoms with van der Waals surface area (Å²) in [6.07, 6.45) is 0.616.